The van der Waals surface area contributed by atoms with Crippen molar-refractivity contribution in [3.63, 3.8) is 0 Å². The molecule has 0 aliphatic heterocycles. The Bertz CT molecular complexity index is 618. The number of fused-ring (bicyclic) bond motifs is 1. The molecule has 1 aromatic carbocycles. The Kier molecular flexibility index (Phi) is 3.66. The molecule has 0 spiro atoms. The molecule has 0 aliphatic rings. The van der Waals surface area contributed by atoms with Crippen molar-refractivity contribution in [3.05, 3.63) is 60.9 Å². The fourth-order valence-electron chi connectivity index (χ4n) is 1.43. The van der Waals surface area contributed by atoms with Crippen LogP contribution in [0.2, 0.25) is 0 Å². The number of aromatic carboxylic acids is 1. The number of nitrogens with zero attached hydrogens (tertiary/aromatic N) is 2. The maximum absolute atomic E-state index is 10.6. The molecule has 90 valence electrons. The summed E-state index contributed by atoms with van der Waals surface area (Å²) in [6.45, 7) is 0. The van der Waals surface area contributed by atoms with Crippen molar-refractivity contribution < 1.29 is 9.90 Å². The lowest BCUT2D eigenvalue weighted by atomic mass is 10.1. The van der Waals surface area contributed by atoms with Gasteiger partial charge in [-0.3, -0.25) is 4.98 Å². The zero-order valence-electron chi connectivity index (χ0n) is 9.45. The standard InChI is InChI=1S/C10H7NO2.C3H4N2/c12-10(13)8-1-2-9-6-11-4-3-7(9)5-8;1-2-5-3-4-1/h1-6H,(H,12,13);1-3H,(H,4,5). The summed E-state index contributed by atoms with van der Waals surface area (Å²) in [7, 11) is 0. The number of carboxylic acid groups (broad SMARTS) is 1. The van der Waals surface area contributed by atoms with E-state index in [1.165, 1.54) is 0 Å². The van der Waals surface area contributed by atoms with Gasteiger partial charge in [-0.2, -0.15) is 0 Å². The second-order valence-electron chi connectivity index (χ2n) is 3.50. The quantitative estimate of drug-likeness (QED) is 0.685. The number of hydrogen-bond acceptors (Lipinski definition) is 3. The molecule has 0 radical (unpaired) electrons. The molecule has 2 aromatic heterocycles. The van der Waals surface area contributed by atoms with Crippen LogP contribution < -0.4 is 0 Å². The third-order valence-corrected chi connectivity index (χ3v) is 2.29. The van der Waals surface area contributed by atoms with Crippen molar-refractivity contribution >= 4 is 16.7 Å². The van der Waals surface area contributed by atoms with Gasteiger partial charge in [0.15, 0.2) is 0 Å². The summed E-state index contributed by atoms with van der Waals surface area (Å²) in [5.41, 5.74) is 0.304. The average Bonchev–Trinajstić information content (AvgIpc) is 2.97. The fourth-order valence-corrected chi connectivity index (χ4v) is 1.43. The van der Waals surface area contributed by atoms with Crippen LogP contribution in [0.1, 0.15) is 10.4 Å². The number of aromatic nitrogens is 3. The molecule has 2 N–H and O–H groups in total. The molecular formula is C13H11N3O2. The van der Waals surface area contributed by atoms with Gasteiger partial charge in [0.1, 0.15) is 0 Å². The van der Waals surface area contributed by atoms with E-state index in [9.17, 15) is 4.79 Å². The van der Waals surface area contributed by atoms with E-state index < -0.39 is 5.97 Å². The Labute approximate surface area is 103 Å². The number of carbonyl (C=O) groups is 1. The van der Waals surface area contributed by atoms with Crippen LogP contribution >= 0.6 is 0 Å². The molecule has 18 heavy (non-hydrogen) atoms. The SMILES string of the molecule is O=C(O)c1ccc2cnccc2c1.c1c[nH]cn1. The van der Waals surface area contributed by atoms with Gasteiger partial charge in [-0.1, -0.05) is 6.07 Å². The van der Waals surface area contributed by atoms with Crippen LogP contribution in [0.25, 0.3) is 10.8 Å². The van der Waals surface area contributed by atoms with E-state index in [1.54, 1.807) is 55.4 Å². The number of imidazole rings is 1. The summed E-state index contributed by atoms with van der Waals surface area (Å²) in [5, 5.41) is 10.6. The Morgan fingerprint density at radius 1 is 1.11 bits per heavy atom. The average molecular weight is 241 g/mol. The first-order chi connectivity index (χ1) is 8.77. The van der Waals surface area contributed by atoms with Crippen molar-refractivity contribution in [3.8, 4) is 0 Å². The normalized spacial score (nSPS) is 9.56. The summed E-state index contributed by atoms with van der Waals surface area (Å²) in [5.74, 6) is -0.904. The van der Waals surface area contributed by atoms with Crippen LogP contribution in [0, 0.1) is 0 Å². The first-order valence-corrected chi connectivity index (χ1v) is 5.27. The summed E-state index contributed by atoms with van der Waals surface area (Å²) in [4.78, 5) is 21.0. The van der Waals surface area contributed by atoms with E-state index in [4.69, 9.17) is 5.11 Å². The van der Waals surface area contributed by atoms with Gasteiger partial charge in [-0.25, -0.2) is 9.78 Å². The highest BCUT2D eigenvalue weighted by atomic mass is 16.4. The fraction of sp³-hybridized carbons (Fsp3) is 0. The third kappa shape index (κ3) is 2.91. The largest absolute Gasteiger partial charge is 0.478 e. The second-order valence-corrected chi connectivity index (χ2v) is 3.50. The number of carboxylic acids is 1. The molecule has 2 heterocycles. The maximum atomic E-state index is 10.6. The van der Waals surface area contributed by atoms with Crippen molar-refractivity contribution in [1.82, 2.24) is 15.0 Å². The molecule has 0 saturated carbocycles. The molecule has 3 aromatic rings. The summed E-state index contributed by atoms with van der Waals surface area (Å²) in [6.07, 6.45) is 8.44. The van der Waals surface area contributed by atoms with E-state index in [-0.39, 0.29) is 0 Å². The Morgan fingerprint density at radius 3 is 2.61 bits per heavy atom. The van der Waals surface area contributed by atoms with Crippen LogP contribution in [0.5, 0.6) is 0 Å². The first kappa shape index (κ1) is 11.8. The Balaban J connectivity index is 0.000000202. The summed E-state index contributed by atoms with van der Waals surface area (Å²) >= 11 is 0. The molecule has 0 bridgehead atoms. The first-order valence-electron chi connectivity index (χ1n) is 5.27. The van der Waals surface area contributed by atoms with Gasteiger partial charge in [0.2, 0.25) is 0 Å². The number of pyridine rings is 1. The van der Waals surface area contributed by atoms with Gasteiger partial charge >= 0.3 is 5.97 Å². The summed E-state index contributed by atoms with van der Waals surface area (Å²) < 4.78 is 0. The number of nitrogens with one attached hydrogen (secondary N) is 1. The molecule has 0 aliphatic carbocycles. The molecule has 0 atom stereocenters. The van der Waals surface area contributed by atoms with Crippen molar-refractivity contribution in [2.24, 2.45) is 0 Å². The van der Waals surface area contributed by atoms with E-state index in [0.717, 1.165) is 10.8 Å². The van der Waals surface area contributed by atoms with Gasteiger partial charge in [0, 0.05) is 30.2 Å². The second kappa shape index (κ2) is 5.58. The van der Waals surface area contributed by atoms with Crippen LogP contribution in [0.3, 0.4) is 0 Å². The predicted octanol–water partition coefficient (Wildman–Crippen LogP) is 2.34. The van der Waals surface area contributed by atoms with E-state index in [2.05, 4.69) is 15.0 Å². The molecule has 3 rings (SSSR count). The molecule has 5 heteroatoms. The predicted molar refractivity (Wildman–Crippen MR) is 67.3 cm³/mol. The van der Waals surface area contributed by atoms with Crippen LogP contribution in [0.4, 0.5) is 0 Å². The molecular weight excluding hydrogens is 230 g/mol. The smallest absolute Gasteiger partial charge is 0.335 e. The van der Waals surface area contributed by atoms with Gasteiger partial charge in [0.25, 0.3) is 0 Å². The molecule has 0 fully saturated rings. The Morgan fingerprint density at radius 2 is 2.00 bits per heavy atom. The highest BCUT2D eigenvalue weighted by molar-refractivity contribution is 5.93. The zero-order chi connectivity index (χ0) is 12.8. The number of rotatable bonds is 1. The lowest BCUT2D eigenvalue weighted by Gasteiger charge is -1.97. The topological polar surface area (TPSA) is 78.9 Å². The van der Waals surface area contributed by atoms with Gasteiger partial charge in [-0.15, -0.1) is 0 Å². The van der Waals surface area contributed by atoms with Gasteiger partial charge in [-0.05, 0) is 23.6 Å². The number of benzene rings is 1. The minimum Gasteiger partial charge on any atom is -0.478 e. The van der Waals surface area contributed by atoms with Gasteiger partial charge in [0.05, 0.1) is 11.9 Å². The highest BCUT2D eigenvalue weighted by Gasteiger charge is 2.02. The number of aromatic amines is 1. The van der Waals surface area contributed by atoms with Crippen molar-refractivity contribution in [2.75, 3.05) is 0 Å². The van der Waals surface area contributed by atoms with Crippen LogP contribution in [-0.2, 0) is 0 Å². The molecule has 0 unspecified atom stereocenters. The van der Waals surface area contributed by atoms with E-state index in [0.29, 0.717) is 5.56 Å². The lowest BCUT2D eigenvalue weighted by molar-refractivity contribution is 0.0697. The van der Waals surface area contributed by atoms with Gasteiger partial charge < -0.3 is 10.1 Å². The lowest BCUT2D eigenvalue weighted by Crippen LogP contribution is -1.95. The monoisotopic (exact) mass is 241 g/mol. The van der Waals surface area contributed by atoms with Crippen molar-refractivity contribution in [2.45, 2.75) is 0 Å². The minimum atomic E-state index is -0.904. The van der Waals surface area contributed by atoms with E-state index >= 15 is 0 Å². The minimum absolute atomic E-state index is 0.304. The van der Waals surface area contributed by atoms with Crippen molar-refractivity contribution in [1.29, 1.82) is 0 Å². The van der Waals surface area contributed by atoms with Crippen LogP contribution in [-0.4, -0.2) is 26.0 Å². The number of hydrogen-bond donors (Lipinski definition) is 2. The summed E-state index contributed by atoms with van der Waals surface area (Å²) in [6, 6.07) is 6.76. The highest BCUT2D eigenvalue weighted by Crippen LogP contribution is 2.14. The molecule has 0 amide bonds. The Hall–Kier alpha value is -2.69. The third-order valence-electron chi connectivity index (χ3n) is 2.29. The zero-order valence-corrected chi connectivity index (χ0v) is 9.45. The maximum Gasteiger partial charge on any atom is 0.335 e. The number of H-pyrrole nitrogens is 1. The molecule has 0 saturated heterocycles. The van der Waals surface area contributed by atoms with E-state index in [1.807, 2.05) is 0 Å². The van der Waals surface area contributed by atoms with Crippen LogP contribution in [0.15, 0.2) is 55.4 Å². The molecule has 5 nitrogen and oxygen atoms in total.